The van der Waals surface area contributed by atoms with Crippen molar-refractivity contribution in [3.05, 3.63) is 35.9 Å². The van der Waals surface area contributed by atoms with E-state index in [-0.39, 0.29) is 44.0 Å². The maximum absolute atomic E-state index is 12.7. The molecule has 0 aromatic heterocycles. The first-order valence-corrected chi connectivity index (χ1v) is 13.6. The van der Waals surface area contributed by atoms with E-state index in [2.05, 4.69) is 16.0 Å². The van der Waals surface area contributed by atoms with Crippen LogP contribution in [0, 0.1) is 11.8 Å². The second-order valence-electron chi connectivity index (χ2n) is 9.71. The third-order valence-corrected chi connectivity index (χ3v) is 6.61. The van der Waals surface area contributed by atoms with Crippen LogP contribution in [-0.4, -0.2) is 61.2 Å². The Hall–Kier alpha value is -3.63. The lowest BCUT2D eigenvalue weighted by atomic mass is 9.83. The zero-order valence-electron chi connectivity index (χ0n) is 23.2. The number of carbonyl (C=O) groups is 5. The monoisotopic (exact) mass is 547 g/mol. The molecule has 11 heteroatoms. The van der Waals surface area contributed by atoms with Crippen LogP contribution >= 0.6 is 0 Å². The van der Waals surface area contributed by atoms with Gasteiger partial charge in [0.2, 0.25) is 5.91 Å². The van der Waals surface area contributed by atoms with E-state index >= 15 is 0 Å². The number of hydrogen-bond acceptors (Lipinski definition) is 8. The molecule has 0 bridgehead atoms. The average molecular weight is 548 g/mol. The van der Waals surface area contributed by atoms with Gasteiger partial charge in [-0.25, -0.2) is 9.59 Å². The molecule has 5 unspecified atom stereocenters. The lowest BCUT2D eigenvalue weighted by Crippen LogP contribution is -2.56. The van der Waals surface area contributed by atoms with Gasteiger partial charge in [-0.15, -0.1) is 0 Å². The lowest BCUT2D eigenvalue weighted by molar-refractivity contribution is -0.193. The summed E-state index contributed by atoms with van der Waals surface area (Å²) in [5, 5.41) is 7.81. The van der Waals surface area contributed by atoms with E-state index in [4.69, 9.17) is 14.2 Å². The van der Waals surface area contributed by atoms with Crippen molar-refractivity contribution in [1.82, 2.24) is 16.0 Å². The van der Waals surface area contributed by atoms with Crippen LogP contribution in [0.2, 0.25) is 0 Å². The van der Waals surface area contributed by atoms with Gasteiger partial charge in [0.1, 0.15) is 24.6 Å². The highest BCUT2D eigenvalue weighted by molar-refractivity contribution is 5.94. The van der Waals surface area contributed by atoms with E-state index in [1.54, 1.807) is 0 Å². The molecule has 5 atom stereocenters. The van der Waals surface area contributed by atoms with Crippen molar-refractivity contribution in [3.63, 3.8) is 0 Å². The molecule has 0 saturated carbocycles. The Morgan fingerprint density at radius 2 is 1.72 bits per heavy atom. The van der Waals surface area contributed by atoms with Crippen molar-refractivity contribution in [2.24, 2.45) is 11.8 Å². The Morgan fingerprint density at radius 1 is 1.00 bits per heavy atom. The van der Waals surface area contributed by atoms with Crippen LogP contribution in [0.15, 0.2) is 30.3 Å². The Labute approximate surface area is 229 Å². The predicted octanol–water partition coefficient (Wildman–Crippen LogP) is 2.61. The number of esters is 2. The van der Waals surface area contributed by atoms with E-state index in [1.807, 2.05) is 51.1 Å². The molecular formula is C28H41N3O8. The second-order valence-corrected chi connectivity index (χ2v) is 9.71. The highest BCUT2D eigenvalue weighted by Gasteiger charge is 2.49. The zero-order valence-corrected chi connectivity index (χ0v) is 23.2. The number of alkyl carbamates (subject to hydrolysis) is 1. The summed E-state index contributed by atoms with van der Waals surface area (Å²) >= 11 is 0. The normalized spacial score (nSPS) is 18.4. The van der Waals surface area contributed by atoms with Crippen molar-refractivity contribution in [2.45, 2.75) is 84.6 Å². The van der Waals surface area contributed by atoms with Crippen molar-refractivity contribution in [2.75, 3.05) is 13.2 Å². The molecule has 2 rings (SSSR count). The van der Waals surface area contributed by atoms with E-state index in [9.17, 15) is 24.0 Å². The van der Waals surface area contributed by atoms with Crippen molar-refractivity contribution in [3.8, 4) is 0 Å². The molecule has 0 spiro atoms. The summed E-state index contributed by atoms with van der Waals surface area (Å²) in [6.07, 6.45) is 1.26. The Kier molecular flexibility index (Phi) is 13.2. The van der Waals surface area contributed by atoms with E-state index in [1.165, 1.54) is 6.92 Å². The van der Waals surface area contributed by atoms with Gasteiger partial charge < -0.3 is 30.2 Å². The van der Waals surface area contributed by atoms with Crippen LogP contribution < -0.4 is 16.0 Å². The van der Waals surface area contributed by atoms with Crippen molar-refractivity contribution in [1.29, 1.82) is 0 Å². The molecule has 11 nitrogen and oxygen atoms in total. The third-order valence-electron chi connectivity index (χ3n) is 6.61. The molecule has 0 aliphatic carbocycles. The number of rotatable bonds is 16. The van der Waals surface area contributed by atoms with Crippen LogP contribution in [0.3, 0.4) is 0 Å². The van der Waals surface area contributed by atoms with Crippen LogP contribution in [0.4, 0.5) is 4.79 Å². The topological polar surface area (TPSA) is 149 Å². The quantitative estimate of drug-likeness (QED) is 0.162. The first kappa shape index (κ1) is 31.6. The van der Waals surface area contributed by atoms with Crippen LogP contribution in [0.25, 0.3) is 0 Å². The minimum Gasteiger partial charge on any atom is -0.464 e. The SMILES string of the molecule is CCCCOC(=O)C(CCCNC(=O)C1OC(=O)C1C(C)CC)NC(=O)C(C)NC(=O)OCc1ccccc1. The smallest absolute Gasteiger partial charge is 0.408 e. The number of carbonyl (C=O) groups excluding carboxylic acids is 5. The molecule has 3 amide bonds. The number of amides is 3. The van der Waals surface area contributed by atoms with Gasteiger partial charge in [-0.1, -0.05) is 63.9 Å². The molecule has 0 radical (unpaired) electrons. The number of cyclic esters (lactones) is 1. The van der Waals surface area contributed by atoms with Gasteiger partial charge in [-0.2, -0.15) is 0 Å². The number of hydrogen-bond donors (Lipinski definition) is 3. The fraction of sp³-hybridized carbons (Fsp3) is 0.607. The second kappa shape index (κ2) is 16.4. The number of ether oxygens (including phenoxy) is 3. The minimum absolute atomic E-state index is 0.0331. The van der Waals surface area contributed by atoms with Gasteiger partial charge in [0.25, 0.3) is 5.91 Å². The fourth-order valence-corrected chi connectivity index (χ4v) is 3.92. The molecule has 3 N–H and O–H groups in total. The molecule has 1 saturated heterocycles. The maximum atomic E-state index is 12.7. The first-order valence-electron chi connectivity index (χ1n) is 13.6. The van der Waals surface area contributed by atoms with Crippen molar-refractivity contribution < 1.29 is 38.2 Å². The summed E-state index contributed by atoms with van der Waals surface area (Å²) in [6, 6.07) is 7.18. The highest BCUT2D eigenvalue weighted by atomic mass is 16.6. The third kappa shape index (κ3) is 10.2. The molecule has 1 aromatic rings. The first-order chi connectivity index (χ1) is 18.7. The number of benzene rings is 1. The summed E-state index contributed by atoms with van der Waals surface area (Å²) < 4.78 is 15.5. The van der Waals surface area contributed by atoms with E-state index < -0.39 is 42.1 Å². The van der Waals surface area contributed by atoms with E-state index in [0.717, 1.165) is 18.4 Å². The summed E-state index contributed by atoms with van der Waals surface area (Å²) in [7, 11) is 0. The summed E-state index contributed by atoms with van der Waals surface area (Å²) in [5.74, 6) is -2.33. The highest BCUT2D eigenvalue weighted by Crippen LogP contribution is 2.31. The van der Waals surface area contributed by atoms with Crippen LogP contribution in [0.5, 0.6) is 0 Å². The largest absolute Gasteiger partial charge is 0.464 e. The lowest BCUT2D eigenvalue weighted by Gasteiger charge is -2.37. The zero-order chi connectivity index (χ0) is 28.8. The van der Waals surface area contributed by atoms with Gasteiger partial charge in [0, 0.05) is 6.54 Å². The molecule has 1 aliphatic heterocycles. The predicted molar refractivity (Wildman–Crippen MR) is 142 cm³/mol. The summed E-state index contributed by atoms with van der Waals surface area (Å²) in [4.78, 5) is 61.7. The maximum Gasteiger partial charge on any atom is 0.408 e. The van der Waals surface area contributed by atoms with Crippen LogP contribution in [0.1, 0.15) is 65.4 Å². The Bertz CT molecular complexity index is 971. The standard InChI is InChI=1S/C28H41N3O8/c1-5-7-16-37-26(34)21(14-11-15-29-25(33)23-22(18(3)6-2)27(35)39-23)31-24(32)19(4)30-28(36)38-17-20-12-9-8-10-13-20/h8-10,12-13,18-19,21-23H,5-7,11,14-17H2,1-4H3,(H,29,33)(H,30,36)(H,31,32). The molecule has 216 valence electrons. The molecule has 1 heterocycles. The Balaban J connectivity index is 1.84. The Morgan fingerprint density at radius 3 is 2.36 bits per heavy atom. The van der Waals surface area contributed by atoms with Gasteiger partial charge in [0.15, 0.2) is 6.10 Å². The van der Waals surface area contributed by atoms with Gasteiger partial charge in [-0.05, 0) is 37.7 Å². The minimum atomic E-state index is -0.968. The summed E-state index contributed by atoms with van der Waals surface area (Å²) in [5.41, 5.74) is 0.803. The van der Waals surface area contributed by atoms with Crippen LogP contribution in [-0.2, 0) is 40.0 Å². The van der Waals surface area contributed by atoms with Crippen molar-refractivity contribution >= 4 is 29.8 Å². The summed E-state index contributed by atoms with van der Waals surface area (Å²) in [6.45, 7) is 7.79. The molecule has 1 fully saturated rings. The number of unbranched alkanes of at least 4 members (excludes halogenated alkanes) is 1. The fourth-order valence-electron chi connectivity index (χ4n) is 3.92. The molecular weight excluding hydrogens is 506 g/mol. The molecule has 39 heavy (non-hydrogen) atoms. The number of nitrogens with one attached hydrogen (secondary N) is 3. The van der Waals surface area contributed by atoms with Gasteiger partial charge in [0.05, 0.1) is 6.61 Å². The molecule has 1 aliphatic rings. The van der Waals surface area contributed by atoms with E-state index in [0.29, 0.717) is 12.8 Å². The average Bonchev–Trinajstić information content (AvgIpc) is 2.92. The van der Waals surface area contributed by atoms with Gasteiger partial charge >= 0.3 is 18.0 Å². The van der Waals surface area contributed by atoms with Gasteiger partial charge in [-0.3, -0.25) is 14.4 Å². The molecule has 1 aromatic carbocycles.